The number of nitrogens with two attached hydrogens (primary N) is 2. The molecule has 0 aromatic carbocycles. The second kappa shape index (κ2) is 5.72. The fourth-order valence-corrected chi connectivity index (χ4v) is 2.08. The fourth-order valence-electron chi connectivity index (χ4n) is 1.20. The Kier molecular flexibility index (Phi) is 4.57. The van der Waals surface area contributed by atoms with Gasteiger partial charge in [0, 0.05) is 11.5 Å². The van der Waals surface area contributed by atoms with Crippen LogP contribution in [0, 0.1) is 6.92 Å². The zero-order chi connectivity index (χ0) is 12.1. The number of aryl methyl sites for hydroxylation is 1. The SMILES string of the molecule is Cc1cc(N)nc(CSC[C@H](N)C(=O)O)c1. The van der Waals surface area contributed by atoms with Gasteiger partial charge in [-0.3, -0.25) is 4.79 Å². The molecule has 16 heavy (non-hydrogen) atoms. The van der Waals surface area contributed by atoms with E-state index in [1.807, 2.05) is 13.0 Å². The van der Waals surface area contributed by atoms with Crippen LogP contribution in [0.4, 0.5) is 5.82 Å². The molecule has 1 rings (SSSR count). The van der Waals surface area contributed by atoms with Gasteiger partial charge in [0.05, 0.1) is 5.69 Å². The number of pyridine rings is 1. The van der Waals surface area contributed by atoms with Crippen molar-refractivity contribution in [3.63, 3.8) is 0 Å². The number of hydrogen-bond donors (Lipinski definition) is 3. The smallest absolute Gasteiger partial charge is 0.321 e. The number of carbonyl (C=O) groups is 1. The van der Waals surface area contributed by atoms with Crippen LogP contribution in [0.15, 0.2) is 12.1 Å². The molecule has 6 heteroatoms. The van der Waals surface area contributed by atoms with Crippen molar-refractivity contribution in [3.8, 4) is 0 Å². The third-order valence-electron chi connectivity index (χ3n) is 1.91. The molecule has 0 spiro atoms. The molecule has 5 N–H and O–H groups in total. The fraction of sp³-hybridized carbons (Fsp3) is 0.400. The second-order valence-electron chi connectivity index (χ2n) is 3.52. The van der Waals surface area contributed by atoms with Gasteiger partial charge in [-0.2, -0.15) is 11.8 Å². The van der Waals surface area contributed by atoms with Crippen molar-refractivity contribution in [2.75, 3.05) is 11.5 Å². The van der Waals surface area contributed by atoms with Gasteiger partial charge >= 0.3 is 5.97 Å². The number of aliphatic carboxylic acids is 1. The molecule has 0 saturated carbocycles. The molecule has 0 aliphatic carbocycles. The summed E-state index contributed by atoms with van der Waals surface area (Å²) >= 11 is 1.44. The van der Waals surface area contributed by atoms with Crippen LogP contribution in [0.25, 0.3) is 0 Å². The Labute approximate surface area is 98.2 Å². The zero-order valence-corrected chi connectivity index (χ0v) is 9.83. The molecule has 0 saturated heterocycles. The highest BCUT2D eigenvalue weighted by molar-refractivity contribution is 7.98. The topological polar surface area (TPSA) is 102 Å². The third-order valence-corrected chi connectivity index (χ3v) is 3.00. The van der Waals surface area contributed by atoms with E-state index in [1.54, 1.807) is 6.07 Å². The summed E-state index contributed by atoms with van der Waals surface area (Å²) in [7, 11) is 0. The van der Waals surface area contributed by atoms with E-state index >= 15 is 0 Å². The van der Waals surface area contributed by atoms with Gasteiger partial charge < -0.3 is 16.6 Å². The summed E-state index contributed by atoms with van der Waals surface area (Å²) in [5, 5.41) is 8.59. The average Bonchev–Trinajstić information content (AvgIpc) is 2.15. The van der Waals surface area contributed by atoms with Gasteiger partial charge in [-0.25, -0.2) is 4.98 Å². The lowest BCUT2D eigenvalue weighted by Gasteiger charge is -2.06. The molecular formula is C10H15N3O2S. The molecule has 0 amide bonds. The Morgan fingerprint density at radius 2 is 2.31 bits per heavy atom. The summed E-state index contributed by atoms with van der Waals surface area (Å²) in [5.74, 6) is 0.486. The van der Waals surface area contributed by atoms with E-state index < -0.39 is 12.0 Å². The quantitative estimate of drug-likeness (QED) is 0.698. The summed E-state index contributed by atoms with van der Waals surface area (Å²) in [6.45, 7) is 1.94. The third kappa shape index (κ3) is 4.08. The number of carboxylic acids is 1. The van der Waals surface area contributed by atoms with Crippen LogP contribution in [-0.2, 0) is 10.5 Å². The monoisotopic (exact) mass is 241 g/mol. The van der Waals surface area contributed by atoms with Crippen molar-refractivity contribution < 1.29 is 9.90 Å². The number of thioether (sulfide) groups is 1. The Bertz CT molecular complexity index is 364. The van der Waals surface area contributed by atoms with E-state index in [0.29, 0.717) is 17.3 Å². The molecule has 1 heterocycles. The second-order valence-corrected chi connectivity index (χ2v) is 4.55. The van der Waals surface area contributed by atoms with Crippen molar-refractivity contribution in [1.82, 2.24) is 4.98 Å². The van der Waals surface area contributed by atoms with Gasteiger partial charge in [0.1, 0.15) is 11.9 Å². The first-order valence-corrected chi connectivity index (χ1v) is 5.93. The minimum absolute atomic E-state index is 0.366. The van der Waals surface area contributed by atoms with E-state index in [9.17, 15) is 4.79 Å². The molecule has 1 aromatic heterocycles. The highest BCUT2D eigenvalue weighted by Gasteiger charge is 2.11. The van der Waals surface area contributed by atoms with E-state index in [1.165, 1.54) is 11.8 Å². The van der Waals surface area contributed by atoms with E-state index in [2.05, 4.69) is 4.98 Å². The predicted octanol–water partition coefficient (Wildman–Crippen LogP) is 0.617. The van der Waals surface area contributed by atoms with Gasteiger partial charge in [-0.1, -0.05) is 0 Å². The molecule has 1 atom stereocenters. The lowest BCUT2D eigenvalue weighted by molar-refractivity contribution is -0.137. The van der Waals surface area contributed by atoms with Crippen LogP contribution in [0.2, 0.25) is 0 Å². The minimum atomic E-state index is -0.982. The predicted molar refractivity (Wildman–Crippen MR) is 65.2 cm³/mol. The maximum Gasteiger partial charge on any atom is 0.321 e. The lowest BCUT2D eigenvalue weighted by Crippen LogP contribution is -2.32. The zero-order valence-electron chi connectivity index (χ0n) is 9.01. The van der Waals surface area contributed by atoms with Crippen LogP contribution in [-0.4, -0.2) is 27.9 Å². The maximum absolute atomic E-state index is 10.5. The first-order valence-electron chi connectivity index (χ1n) is 4.78. The number of anilines is 1. The average molecular weight is 241 g/mol. The highest BCUT2D eigenvalue weighted by atomic mass is 32.2. The minimum Gasteiger partial charge on any atom is -0.480 e. The molecule has 0 fully saturated rings. The Morgan fingerprint density at radius 1 is 1.62 bits per heavy atom. The number of aromatic nitrogens is 1. The van der Waals surface area contributed by atoms with E-state index in [-0.39, 0.29) is 0 Å². The lowest BCUT2D eigenvalue weighted by atomic mass is 10.2. The van der Waals surface area contributed by atoms with Crippen molar-refractivity contribution in [2.24, 2.45) is 5.73 Å². The summed E-state index contributed by atoms with van der Waals surface area (Å²) in [4.78, 5) is 14.6. The van der Waals surface area contributed by atoms with Gasteiger partial charge in [0.25, 0.3) is 0 Å². The van der Waals surface area contributed by atoms with Crippen molar-refractivity contribution in [3.05, 3.63) is 23.4 Å². The number of nitrogens with zero attached hydrogens (tertiary/aromatic N) is 1. The number of carboxylic acid groups (broad SMARTS) is 1. The van der Waals surface area contributed by atoms with E-state index in [4.69, 9.17) is 16.6 Å². The first kappa shape index (κ1) is 12.8. The molecule has 0 bridgehead atoms. The standard InChI is InChI=1S/C10H15N3O2S/c1-6-2-7(13-9(12)3-6)4-16-5-8(11)10(14)15/h2-3,8H,4-5,11H2,1H3,(H2,12,13)(H,14,15)/t8-/m0/s1. The molecule has 0 aliphatic rings. The molecule has 0 unspecified atom stereocenters. The molecule has 1 aromatic rings. The summed E-state index contributed by atoms with van der Waals surface area (Å²) < 4.78 is 0. The molecular weight excluding hydrogens is 226 g/mol. The number of hydrogen-bond acceptors (Lipinski definition) is 5. The van der Waals surface area contributed by atoms with Crippen molar-refractivity contribution in [1.29, 1.82) is 0 Å². The first-order chi connectivity index (χ1) is 7.49. The molecule has 88 valence electrons. The van der Waals surface area contributed by atoms with Crippen LogP contribution in [0.5, 0.6) is 0 Å². The van der Waals surface area contributed by atoms with Crippen LogP contribution in [0.3, 0.4) is 0 Å². The van der Waals surface area contributed by atoms with Gasteiger partial charge in [0.15, 0.2) is 0 Å². The van der Waals surface area contributed by atoms with E-state index in [0.717, 1.165) is 11.3 Å². The van der Waals surface area contributed by atoms with Crippen LogP contribution >= 0.6 is 11.8 Å². The molecule has 0 radical (unpaired) electrons. The number of nitrogen functional groups attached to an aromatic ring is 1. The van der Waals surface area contributed by atoms with Crippen LogP contribution in [0.1, 0.15) is 11.3 Å². The molecule has 0 aliphatic heterocycles. The number of rotatable bonds is 5. The highest BCUT2D eigenvalue weighted by Crippen LogP contribution is 2.14. The molecule has 5 nitrogen and oxygen atoms in total. The Morgan fingerprint density at radius 3 is 2.88 bits per heavy atom. The van der Waals surface area contributed by atoms with Gasteiger partial charge in [0.2, 0.25) is 0 Å². The largest absolute Gasteiger partial charge is 0.480 e. The van der Waals surface area contributed by atoms with Crippen molar-refractivity contribution >= 4 is 23.5 Å². The summed E-state index contributed by atoms with van der Waals surface area (Å²) in [6, 6.07) is 2.89. The van der Waals surface area contributed by atoms with Gasteiger partial charge in [-0.15, -0.1) is 0 Å². The normalized spacial score (nSPS) is 12.4. The van der Waals surface area contributed by atoms with Crippen molar-refractivity contribution in [2.45, 2.75) is 18.7 Å². The summed E-state index contributed by atoms with van der Waals surface area (Å²) in [6.07, 6.45) is 0. The van der Waals surface area contributed by atoms with Crippen LogP contribution < -0.4 is 11.5 Å². The Balaban J connectivity index is 2.46. The Hall–Kier alpha value is -1.27. The maximum atomic E-state index is 10.5. The summed E-state index contributed by atoms with van der Waals surface area (Å²) in [5.41, 5.74) is 12.9. The van der Waals surface area contributed by atoms with Gasteiger partial charge in [-0.05, 0) is 24.6 Å².